The molecular formula is C11H15NO3. The van der Waals surface area contributed by atoms with Crippen molar-refractivity contribution in [2.75, 3.05) is 13.7 Å². The minimum atomic E-state index is -0.121. The summed E-state index contributed by atoms with van der Waals surface area (Å²) in [4.78, 5) is 4.11. The van der Waals surface area contributed by atoms with Gasteiger partial charge in [-0.25, -0.2) is 0 Å². The molecule has 0 bridgehead atoms. The molecule has 15 heavy (non-hydrogen) atoms. The molecule has 82 valence electrons. The summed E-state index contributed by atoms with van der Waals surface area (Å²) in [5.74, 6) is 0.514. The zero-order valence-corrected chi connectivity index (χ0v) is 8.84. The van der Waals surface area contributed by atoms with Gasteiger partial charge in [0, 0.05) is 6.21 Å². The number of benzene rings is 1. The largest absolute Gasteiger partial charge is 0.504 e. The van der Waals surface area contributed by atoms with E-state index in [1.165, 1.54) is 7.11 Å². The van der Waals surface area contributed by atoms with Gasteiger partial charge in [-0.2, -0.15) is 0 Å². The summed E-state index contributed by atoms with van der Waals surface area (Å²) in [6.07, 6.45) is 1.64. The van der Waals surface area contributed by atoms with Crippen LogP contribution in [0, 0.1) is 0 Å². The van der Waals surface area contributed by atoms with E-state index in [4.69, 9.17) is 9.84 Å². The molecule has 0 amide bonds. The number of aromatic hydroxyl groups is 1. The Kier molecular flexibility index (Phi) is 4.12. The molecule has 1 atom stereocenters. The Morgan fingerprint density at radius 1 is 1.53 bits per heavy atom. The summed E-state index contributed by atoms with van der Waals surface area (Å²) in [5, 5.41) is 18.1. The number of methoxy groups -OCH3 is 1. The molecule has 0 saturated heterocycles. The first-order valence-corrected chi connectivity index (χ1v) is 4.68. The summed E-state index contributed by atoms with van der Waals surface area (Å²) in [7, 11) is 1.49. The maximum atomic E-state index is 9.35. The highest BCUT2D eigenvalue weighted by atomic mass is 16.5. The Morgan fingerprint density at radius 3 is 2.87 bits per heavy atom. The lowest BCUT2D eigenvalue weighted by atomic mass is 10.2. The van der Waals surface area contributed by atoms with Crippen molar-refractivity contribution in [1.82, 2.24) is 0 Å². The number of hydrogen-bond donors (Lipinski definition) is 2. The predicted molar refractivity (Wildman–Crippen MR) is 58.8 cm³/mol. The quantitative estimate of drug-likeness (QED) is 0.732. The minimum absolute atomic E-state index is 0.0196. The summed E-state index contributed by atoms with van der Waals surface area (Å²) in [6.45, 7) is 1.83. The SMILES string of the molecule is COc1cc(/C=N\C(C)CO)ccc1O. The third-order valence-corrected chi connectivity index (χ3v) is 1.95. The molecule has 4 nitrogen and oxygen atoms in total. The van der Waals surface area contributed by atoms with E-state index in [-0.39, 0.29) is 18.4 Å². The zero-order chi connectivity index (χ0) is 11.3. The van der Waals surface area contributed by atoms with Crippen LogP contribution in [0.4, 0.5) is 0 Å². The Hall–Kier alpha value is -1.55. The van der Waals surface area contributed by atoms with E-state index in [9.17, 15) is 5.11 Å². The highest BCUT2D eigenvalue weighted by Gasteiger charge is 2.01. The number of aliphatic hydroxyl groups excluding tert-OH is 1. The van der Waals surface area contributed by atoms with Crippen LogP contribution in [-0.2, 0) is 0 Å². The highest BCUT2D eigenvalue weighted by molar-refractivity contribution is 5.81. The maximum absolute atomic E-state index is 9.35. The number of aliphatic imine (C=N–C) groups is 1. The lowest BCUT2D eigenvalue weighted by Gasteiger charge is -2.04. The number of ether oxygens (including phenoxy) is 1. The Morgan fingerprint density at radius 2 is 2.27 bits per heavy atom. The van der Waals surface area contributed by atoms with E-state index in [1.807, 2.05) is 6.92 Å². The number of nitrogens with zero attached hydrogens (tertiary/aromatic N) is 1. The van der Waals surface area contributed by atoms with Crippen LogP contribution in [-0.4, -0.2) is 36.2 Å². The molecule has 1 unspecified atom stereocenters. The van der Waals surface area contributed by atoms with Crippen molar-refractivity contribution < 1.29 is 14.9 Å². The predicted octanol–water partition coefficient (Wildman–Crippen LogP) is 1.20. The molecule has 4 heteroatoms. The van der Waals surface area contributed by atoms with Crippen LogP contribution in [0.25, 0.3) is 0 Å². The standard InChI is InChI=1S/C11H15NO3/c1-8(7-13)12-6-9-3-4-10(14)11(5-9)15-2/h3-6,8,13-14H,7H2,1-2H3/b12-6-. The van der Waals surface area contributed by atoms with Crippen molar-refractivity contribution in [1.29, 1.82) is 0 Å². The third-order valence-electron chi connectivity index (χ3n) is 1.95. The molecule has 1 rings (SSSR count). The van der Waals surface area contributed by atoms with Crippen molar-refractivity contribution in [3.8, 4) is 11.5 Å². The van der Waals surface area contributed by atoms with Gasteiger partial charge >= 0.3 is 0 Å². The van der Waals surface area contributed by atoms with E-state index in [0.717, 1.165) is 5.56 Å². The fourth-order valence-electron chi connectivity index (χ4n) is 1.03. The first-order valence-electron chi connectivity index (χ1n) is 4.68. The van der Waals surface area contributed by atoms with Gasteiger partial charge in [0.05, 0.1) is 19.8 Å². The van der Waals surface area contributed by atoms with Crippen LogP contribution < -0.4 is 4.74 Å². The molecule has 0 saturated carbocycles. The van der Waals surface area contributed by atoms with Gasteiger partial charge in [-0.05, 0) is 30.7 Å². The van der Waals surface area contributed by atoms with Gasteiger partial charge in [-0.15, -0.1) is 0 Å². The average molecular weight is 209 g/mol. The third kappa shape index (κ3) is 3.25. The molecular weight excluding hydrogens is 194 g/mol. The van der Waals surface area contributed by atoms with Crippen LogP contribution in [0.2, 0.25) is 0 Å². The van der Waals surface area contributed by atoms with Gasteiger partial charge in [0.15, 0.2) is 11.5 Å². The molecule has 0 aliphatic heterocycles. The van der Waals surface area contributed by atoms with Crippen LogP contribution in [0.3, 0.4) is 0 Å². The molecule has 0 spiro atoms. The van der Waals surface area contributed by atoms with Gasteiger partial charge in [-0.1, -0.05) is 0 Å². The Labute approximate surface area is 88.9 Å². The second-order valence-corrected chi connectivity index (χ2v) is 3.24. The maximum Gasteiger partial charge on any atom is 0.161 e. The lowest BCUT2D eigenvalue weighted by Crippen LogP contribution is -2.03. The van der Waals surface area contributed by atoms with Gasteiger partial charge in [0.1, 0.15) is 0 Å². The summed E-state index contributed by atoms with van der Waals surface area (Å²) < 4.78 is 4.96. The van der Waals surface area contributed by atoms with Crippen LogP contribution in [0.1, 0.15) is 12.5 Å². The molecule has 1 aromatic carbocycles. The minimum Gasteiger partial charge on any atom is -0.504 e. The molecule has 0 radical (unpaired) electrons. The molecule has 0 aliphatic carbocycles. The summed E-state index contributed by atoms with van der Waals surface area (Å²) in [5.41, 5.74) is 0.824. The average Bonchev–Trinajstić information content (AvgIpc) is 2.27. The van der Waals surface area contributed by atoms with Crippen LogP contribution >= 0.6 is 0 Å². The number of rotatable bonds is 4. The van der Waals surface area contributed by atoms with Crippen molar-refractivity contribution in [2.45, 2.75) is 13.0 Å². The van der Waals surface area contributed by atoms with E-state index in [1.54, 1.807) is 24.4 Å². The molecule has 2 N–H and O–H groups in total. The van der Waals surface area contributed by atoms with Crippen molar-refractivity contribution in [3.63, 3.8) is 0 Å². The van der Waals surface area contributed by atoms with Gasteiger partial charge in [0.2, 0.25) is 0 Å². The van der Waals surface area contributed by atoms with E-state index in [0.29, 0.717) is 5.75 Å². The van der Waals surface area contributed by atoms with E-state index < -0.39 is 0 Å². The van der Waals surface area contributed by atoms with Gasteiger partial charge in [-0.3, -0.25) is 4.99 Å². The van der Waals surface area contributed by atoms with Gasteiger partial charge in [0.25, 0.3) is 0 Å². The summed E-state index contributed by atoms with van der Waals surface area (Å²) >= 11 is 0. The molecule has 0 aliphatic rings. The van der Waals surface area contributed by atoms with Crippen LogP contribution in [0.5, 0.6) is 11.5 Å². The first-order chi connectivity index (χ1) is 7.17. The van der Waals surface area contributed by atoms with E-state index in [2.05, 4.69) is 4.99 Å². The molecule has 1 aromatic rings. The smallest absolute Gasteiger partial charge is 0.161 e. The van der Waals surface area contributed by atoms with Crippen molar-refractivity contribution >= 4 is 6.21 Å². The monoisotopic (exact) mass is 209 g/mol. The molecule has 0 fully saturated rings. The van der Waals surface area contributed by atoms with Crippen LogP contribution in [0.15, 0.2) is 23.2 Å². The normalized spacial score (nSPS) is 13.0. The zero-order valence-electron chi connectivity index (χ0n) is 8.84. The topological polar surface area (TPSA) is 62.0 Å². The molecule has 0 aromatic heterocycles. The lowest BCUT2D eigenvalue weighted by molar-refractivity contribution is 0.275. The van der Waals surface area contributed by atoms with Gasteiger partial charge < -0.3 is 14.9 Å². The number of aliphatic hydroxyl groups is 1. The second kappa shape index (κ2) is 5.36. The second-order valence-electron chi connectivity index (χ2n) is 3.24. The fourth-order valence-corrected chi connectivity index (χ4v) is 1.03. The Balaban J connectivity index is 2.82. The number of hydrogen-bond acceptors (Lipinski definition) is 4. The van der Waals surface area contributed by atoms with E-state index >= 15 is 0 Å². The fraction of sp³-hybridized carbons (Fsp3) is 0.364. The number of phenols is 1. The number of phenolic OH excluding ortho intramolecular Hbond substituents is 1. The summed E-state index contributed by atoms with van der Waals surface area (Å²) in [6, 6.07) is 4.84. The molecule has 0 heterocycles. The first kappa shape index (κ1) is 11.5. The van der Waals surface area contributed by atoms with Crippen molar-refractivity contribution in [3.05, 3.63) is 23.8 Å². The highest BCUT2D eigenvalue weighted by Crippen LogP contribution is 2.25. The Bertz CT molecular complexity index is 350. The van der Waals surface area contributed by atoms with Crippen molar-refractivity contribution in [2.24, 2.45) is 4.99 Å².